The van der Waals surface area contributed by atoms with E-state index < -0.39 is 0 Å². The van der Waals surface area contributed by atoms with Gasteiger partial charge in [0.05, 0.1) is 6.33 Å². The van der Waals surface area contributed by atoms with Crippen LogP contribution < -0.4 is 10.3 Å². The third-order valence-electron chi connectivity index (χ3n) is 2.57. The molecule has 0 aliphatic rings. The second kappa shape index (κ2) is 4.81. The molecular formula is C13H8BrN3O2. The lowest BCUT2D eigenvalue weighted by atomic mass is 10.2. The quantitative estimate of drug-likeness (QED) is 0.789. The summed E-state index contributed by atoms with van der Waals surface area (Å²) in [5.41, 5.74) is 0.428. The summed E-state index contributed by atoms with van der Waals surface area (Å²) in [6.45, 7) is 0. The molecule has 19 heavy (non-hydrogen) atoms. The standard InChI is InChI=1S/C13H8BrN3O2/c14-10-12(18)16-7-17-13(10)19-9-5-1-3-8-4-2-6-15-11(8)9/h1-7H,(H,16,17,18). The van der Waals surface area contributed by atoms with E-state index in [-0.39, 0.29) is 15.9 Å². The van der Waals surface area contributed by atoms with Gasteiger partial charge in [0.2, 0.25) is 5.88 Å². The molecule has 0 atom stereocenters. The Labute approximate surface area is 116 Å². The molecule has 5 nitrogen and oxygen atoms in total. The molecule has 0 aliphatic heterocycles. The van der Waals surface area contributed by atoms with Crippen LogP contribution in [0.1, 0.15) is 0 Å². The Morgan fingerprint density at radius 3 is 2.89 bits per heavy atom. The van der Waals surface area contributed by atoms with E-state index in [9.17, 15) is 4.79 Å². The van der Waals surface area contributed by atoms with E-state index in [0.717, 1.165) is 10.9 Å². The third-order valence-corrected chi connectivity index (χ3v) is 3.27. The number of aromatic nitrogens is 3. The molecule has 6 heteroatoms. The SMILES string of the molecule is O=c1[nH]cnc(Oc2cccc3cccnc23)c1Br. The van der Waals surface area contributed by atoms with Gasteiger partial charge in [-0.25, -0.2) is 4.98 Å². The Morgan fingerprint density at radius 2 is 2.00 bits per heavy atom. The van der Waals surface area contributed by atoms with E-state index >= 15 is 0 Å². The molecule has 0 saturated heterocycles. The first kappa shape index (κ1) is 11.9. The average molecular weight is 318 g/mol. The van der Waals surface area contributed by atoms with Crippen LogP contribution in [0, 0.1) is 0 Å². The maximum atomic E-state index is 11.5. The number of H-pyrrole nitrogens is 1. The molecule has 0 aliphatic carbocycles. The highest BCUT2D eigenvalue weighted by Gasteiger charge is 2.10. The largest absolute Gasteiger partial charge is 0.435 e. The number of rotatable bonds is 2. The number of fused-ring (bicyclic) bond motifs is 1. The summed E-state index contributed by atoms with van der Waals surface area (Å²) < 4.78 is 5.92. The zero-order chi connectivity index (χ0) is 13.2. The van der Waals surface area contributed by atoms with Gasteiger partial charge >= 0.3 is 0 Å². The molecule has 1 aromatic carbocycles. The van der Waals surface area contributed by atoms with Gasteiger partial charge in [-0.3, -0.25) is 9.78 Å². The van der Waals surface area contributed by atoms with Gasteiger partial charge in [0.15, 0.2) is 5.75 Å². The van der Waals surface area contributed by atoms with Crippen LogP contribution in [0.4, 0.5) is 0 Å². The molecule has 0 spiro atoms. The van der Waals surface area contributed by atoms with Crippen LogP contribution in [-0.4, -0.2) is 15.0 Å². The zero-order valence-corrected chi connectivity index (χ0v) is 11.2. The van der Waals surface area contributed by atoms with E-state index in [4.69, 9.17) is 4.74 Å². The number of pyridine rings is 1. The van der Waals surface area contributed by atoms with E-state index in [2.05, 4.69) is 30.9 Å². The fraction of sp³-hybridized carbons (Fsp3) is 0. The van der Waals surface area contributed by atoms with Crippen molar-refractivity contribution in [3.8, 4) is 11.6 Å². The van der Waals surface area contributed by atoms with Crippen molar-refractivity contribution in [1.82, 2.24) is 15.0 Å². The number of aromatic amines is 1. The number of nitrogens with one attached hydrogen (secondary N) is 1. The summed E-state index contributed by atoms with van der Waals surface area (Å²) >= 11 is 3.15. The van der Waals surface area contributed by atoms with Crippen LogP contribution in [0.5, 0.6) is 11.6 Å². The lowest BCUT2D eigenvalue weighted by Crippen LogP contribution is -2.08. The molecule has 2 aromatic heterocycles. The molecule has 0 unspecified atom stereocenters. The van der Waals surface area contributed by atoms with Crippen LogP contribution in [0.2, 0.25) is 0 Å². The molecule has 0 amide bonds. The van der Waals surface area contributed by atoms with Crippen molar-refractivity contribution < 1.29 is 4.74 Å². The first-order chi connectivity index (χ1) is 9.25. The third kappa shape index (κ3) is 2.22. The summed E-state index contributed by atoms with van der Waals surface area (Å²) in [7, 11) is 0. The van der Waals surface area contributed by atoms with E-state index in [1.165, 1.54) is 6.33 Å². The van der Waals surface area contributed by atoms with Crippen LogP contribution in [0.3, 0.4) is 0 Å². The summed E-state index contributed by atoms with van der Waals surface area (Å²) in [4.78, 5) is 22.2. The lowest BCUT2D eigenvalue weighted by Gasteiger charge is -2.07. The average Bonchev–Trinajstić information content (AvgIpc) is 2.44. The minimum Gasteiger partial charge on any atom is -0.435 e. The van der Waals surface area contributed by atoms with Crippen LogP contribution in [0.15, 0.2) is 52.1 Å². The van der Waals surface area contributed by atoms with Crippen molar-refractivity contribution >= 4 is 26.8 Å². The second-order valence-corrected chi connectivity index (χ2v) is 4.58. The van der Waals surface area contributed by atoms with Gasteiger partial charge in [0.1, 0.15) is 9.99 Å². The number of benzene rings is 1. The van der Waals surface area contributed by atoms with E-state index in [0.29, 0.717) is 5.75 Å². The topological polar surface area (TPSA) is 67.9 Å². The first-order valence-electron chi connectivity index (χ1n) is 5.50. The lowest BCUT2D eigenvalue weighted by molar-refractivity contribution is 0.461. The molecule has 2 heterocycles. The van der Waals surface area contributed by atoms with E-state index in [1.54, 1.807) is 12.3 Å². The van der Waals surface area contributed by atoms with Gasteiger partial charge in [-0.1, -0.05) is 18.2 Å². The minimum atomic E-state index is -0.293. The highest BCUT2D eigenvalue weighted by atomic mass is 79.9. The Kier molecular flexibility index (Phi) is 3.00. The van der Waals surface area contributed by atoms with Crippen molar-refractivity contribution in [2.75, 3.05) is 0 Å². The molecular weight excluding hydrogens is 310 g/mol. The Bertz CT molecular complexity index is 796. The highest BCUT2D eigenvalue weighted by Crippen LogP contribution is 2.29. The van der Waals surface area contributed by atoms with Crippen LogP contribution in [-0.2, 0) is 0 Å². The molecule has 0 saturated carbocycles. The summed E-state index contributed by atoms with van der Waals surface area (Å²) in [6, 6.07) is 9.38. The molecule has 1 N–H and O–H groups in total. The van der Waals surface area contributed by atoms with Gasteiger partial charge in [-0.05, 0) is 28.1 Å². The number of halogens is 1. The summed E-state index contributed by atoms with van der Waals surface area (Å²) in [5.74, 6) is 0.763. The van der Waals surface area contributed by atoms with Gasteiger partial charge in [-0.2, -0.15) is 0 Å². The summed E-state index contributed by atoms with van der Waals surface area (Å²) in [6.07, 6.45) is 2.98. The smallest absolute Gasteiger partial charge is 0.268 e. The fourth-order valence-corrected chi connectivity index (χ4v) is 2.00. The van der Waals surface area contributed by atoms with Gasteiger partial charge in [0, 0.05) is 11.6 Å². The van der Waals surface area contributed by atoms with Gasteiger partial charge in [-0.15, -0.1) is 0 Å². The Morgan fingerprint density at radius 1 is 1.16 bits per heavy atom. The van der Waals surface area contributed by atoms with Crippen molar-refractivity contribution in [1.29, 1.82) is 0 Å². The summed E-state index contributed by atoms with van der Waals surface area (Å²) in [5, 5.41) is 0.959. The fourth-order valence-electron chi connectivity index (χ4n) is 1.70. The zero-order valence-electron chi connectivity index (χ0n) is 9.63. The Hall–Kier alpha value is -2.21. The maximum absolute atomic E-state index is 11.5. The van der Waals surface area contributed by atoms with Crippen molar-refractivity contribution in [3.05, 3.63) is 57.7 Å². The van der Waals surface area contributed by atoms with Crippen LogP contribution in [0.25, 0.3) is 10.9 Å². The second-order valence-electron chi connectivity index (χ2n) is 3.78. The Balaban J connectivity index is 2.11. The molecule has 3 aromatic rings. The normalized spacial score (nSPS) is 10.6. The van der Waals surface area contributed by atoms with Crippen LogP contribution >= 0.6 is 15.9 Å². The molecule has 0 bridgehead atoms. The highest BCUT2D eigenvalue weighted by molar-refractivity contribution is 9.10. The number of hydrogen-bond acceptors (Lipinski definition) is 4. The minimum absolute atomic E-state index is 0.210. The van der Waals surface area contributed by atoms with Crippen molar-refractivity contribution in [2.45, 2.75) is 0 Å². The predicted octanol–water partition coefficient (Wildman–Crippen LogP) is 2.87. The molecule has 0 fully saturated rings. The van der Waals surface area contributed by atoms with Crippen molar-refractivity contribution in [3.63, 3.8) is 0 Å². The van der Waals surface area contributed by atoms with E-state index in [1.807, 2.05) is 24.3 Å². The first-order valence-corrected chi connectivity index (χ1v) is 6.30. The monoisotopic (exact) mass is 317 g/mol. The maximum Gasteiger partial charge on any atom is 0.268 e. The molecule has 94 valence electrons. The number of hydrogen-bond donors (Lipinski definition) is 1. The molecule has 0 radical (unpaired) electrons. The predicted molar refractivity (Wildman–Crippen MR) is 74.4 cm³/mol. The van der Waals surface area contributed by atoms with Crippen molar-refractivity contribution in [2.24, 2.45) is 0 Å². The number of ether oxygens (including phenoxy) is 1. The number of para-hydroxylation sites is 1. The van der Waals surface area contributed by atoms with Gasteiger partial charge < -0.3 is 9.72 Å². The number of nitrogens with zero attached hydrogens (tertiary/aromatic N) is 2. The molecule has 3 rings (SSSR count). The van der Waals surface area contributed by atoms with Gasteiger partial charge in [0.25, 0.3) is 5.56 Å².